The SMILES string of the molecule is CC(C)OCc1ccc(CNC(=O)CS[C@@H]2CCS(=O)(=O)C2)cc1. The molecule has 0 radical (unpaired) electrons. The third kappa shape index (κ3) is 6.83. The highest BCUT2D eigenvalue weighted by molar-refractivity contribution is 8.02. The maximum Gasteiger partial charge on any atom is 0.230 e. The predicted molar refractivity (Wildman–Crippen MR) is 97.7 cm³/mol. The van der Waals surface area contributed by atoms with Crippen molar-refractivity contribution in [3.05, 3.63) is 35.4 Å². The number of carbonyl (C=O) groups excluding carboxylic acids is 1. The van der Waals surface area contributed by atoms with Gasteiger partial charge in [-0.3, -0.25) is 4.79 Å². The molecule has 5 nitrogen and oxygen atoms in total. The first-order chi connectivity index (χ1) is 11.3. The Morgan fingerprint density at radius 1 is 1.29 bits per heavy atom. The van der Waals surface area contributed by atoms with E-state index in [1.54, 1.807) is 0 Å². The average Bonchev–Trinajstić information content (AvgIpc) is 2.89. The number of nitrogens with one attached hydrogen (secondary N) is 1. The van der Waals surface area contributed by atoms with E-state index in [1.165, 1.54) is 11.8 Å². The van der Waals surface area contributed by atoms with Crippen LogP contribution >= 0.6 is 11.8 Å². The van der Waals surface area contributed by atoms with Gasteiger partial charge in [-0.1, -0.05) is 24.3 Å². The van der Waals surface area contributed by atoms with E-state index >= 15 is 0 Å². The zero-order valence-corrected chi connectivity index (χ0v) is 15.8. The van der Waals surface area contributed by atoms with Crippen molar-refractivity contribution in [1.82, 2.24) is 5.32 Å². The van der Waals surface area contributed by atoms with Crippen LogP contribution in [0.25, 0.3) is 0 Å². The molecule has 0 bridgehead atoms. The molecule has 1 aliphatic rings. The van der Waals surface area contributed by atoms with E-state index in [4.69, 9.17) is 4.74 Å². The van der Waals surface area contributed by atoms with Gasteiger partial charge in [-0.25, -0.2) is 8.42 Å². The molecule has 0 unspecified atom stereocenters. The van der Waals surface area contributed by atoms with Crippen LogP contribution in [0.4, 0.5) is 0 Å². The minimum absolute atomic E-state index is 0.0565. The van der Waals surface area contributed by atoms with Gasteiger partial charge in [0.1, 0.15) is 0 Å². The van der Waals surface area contributed by atoms with E-state index in [1.807, 2.05) is 38.1 Å². The van der Waals surface area contributed by atoms with Gasteiger partial charge in [-0.2, -0.15) is 0 Å². The van der Waals surface area contributed by atoms with Gasteiger partial charge >= 0.3 is 0 Å². The summed E-state index contributed by atoms with van der Waals surface area (Å²) >= 11 is 1.43. The standard InChI is InChI=1S/C17H25NO4S2/c1-13(2)22-10-15-5-3-14(4-6-15)9-18-17(19)11-23-16-7-8-24(20,21)12-16/h3-6,13,16H,7-12H2,1-2H3,(H,18,19)/t16-/m1/s1. The molecule has 1 N–H and O–H groups in total. The fourth-order valence-electron chi connectivity index (χ4n) is 2.35. The first-order valence-corrected chi connectivity index (χ1v) is 11.0. The minimum atomic E-state index is -2.88. The maximum atomic E-state index is 11.9. The zero-order chi connectivity index (χ0) is 17.6. The van der Waals surface area contributed by atoms with Crippen LogP contribution in [0.5, 0.6) is 0 Å². The van der Waals surface area contributed by atoms with Crippen molar-refractivity contribution >= 4 is 27.5 Å². The lowest BCUT2D eigenvalue weighted by molar-refractivity contribution is -0.118. The molecule has 0 aromatic heterocycles. The summed E-state index contributed by atoms with van der Waals surface area (Å²) in [7, 11) is -2.88. The van der Waals surface area contributed by atoms with Gasteiger partial charge in [0, 0.05) is 11.8 Å². The summed E-state index contributed by atoms with van der Waals surface area (Å²) in [6.45, 7) is 5.07. The first-order valence-electron chi connectivity index (χ1n) is 8.12. The second-order valence-corrected chi connectivity index (χ2v) is 9.81. The first kappa shape index (κ1) is 19.3. The summed E-state index contributed by atoms with van der Waals surface area (Å²) < 4.78 is 28.3. The molecule has 1 fully saturated rings. The molecule has 1 amide bonds. The lowest BCUT2D eigenvalue weighted by Gasteiger charge is -2.10. The monoisotopic (exact) mass is 371 g/mol. The quantitative estimate of drug-likeness (QED) is 0.758. The van der Waals surface area contributed by atoms with E-state index < -0.39 is 9.84 Å². The van der Waals surface area contributed by atoms with E-state index in [0.717, 1.165) is 11.1 Å². The highest BCUT2D eigenvalue weighted by atomic mass is 32.2. The van der Waals surface area contributed by atoms with E-state index in [9.17, 15) is 13.2 Å². The molecule has 1 heterocycles. The van der Waals surface area contributed by atoms with Crippen molar-refractivity contribution in [1.29, 1.82) is 0 Å². The number of benzene rings is 1. The lowest BCUT2D eigenvalue weighted by Crippen LogP contribution is -2.25. The van der Waals surface area contributed by atoms with Crippen LogP contribution in [-0.4, -0.2) is 42.9 Å². The van der Waals surface area contributed by atoms with Gasteiger partial charge in [-0.05, 0) is 31.4 Å². The van der Waals surface area contributed by atoms with Crippen molar-refractivity contribution in [2.75, 3.05) is 17.3 Å². The average molecular weight is 372 g/mol. The van der Waals surface area contributed by atoms with E-state index in [0.29, 0.717) is 25.3 Å². The van der Waals surface area contributed by atoms with E-state index in [2.05, 4.69) is 5.32 Å². The van der Waals surface area contributed by atoms with Crippen molar-refractivity contribution in [2.45, 2.75) is 44.8 Å². The Balaban J connectivity index is 1.68. The van der Waals surface area contributed by atoms with Gasteiger partial charge in [0.05, 0.1) is 30.0 Å². The number of rotatable bonds is 8. The van der Waals surface area contributed by atoms with Gasteiger partial charge < -0.3 is 10.1 Å². The highest BCUT2D eigenvalue weighted by Crippen LogP contribution is 2.23. The molecular weight excluding hydrogens is 346 g/mol. The summed E-state index contributed by atoms with van der Waals surface area (Å²) in [6.07, 6.45) is 0.858. The van der Waals surface area contributed by atoms with Crippen molar-refractivity contribution in [2.24, 2.45) is 0 Å². The van der Waals surface area contributed by atoms with Crippen LogP contribution in [0.1, 0.15) is 31.4 Å². The van der Waals surface area contributed by atoms with Gasteiger partial charge in [0.15, 0.2) is 9.84 Å². The van der Waals surface area contributed by atoms with Crippen LogP contribution in [0.15, 0.2) is 24.3 Å². The third-order valence-electron chi connectivity index (χ3n) is 3.74. The summed E-state index contributed by atoms with van der Waals surface area (Å²) in [4.78, 5) is 11.9. The molecule has 1 aliphatic heterocycles. The second kappa shape index (κ2) is 8.87. The molecule has 2 rings (SSSR count). The predicted octanol–water partition coefficient (Wildman–Crippen LogP) is 2.15. The largest absolute Gasteiger partial charge is 0.374 e. The van der Waals surface area contributed by atoms with Crippen LogP contribution in [0.3, 0.4) is 0 Å². The summed E-state index contributed by atoms with van der Waals surface area (Å²) in [6, 6.07) is 7.97. The Morgan fingerprint density at radius 2 is 1.96 bits per heavy atom. The number of hydrogen-bond donors (Lipinski definition) is 1. The molecule has 1 atom stereocenters. The zero-order valence-electron chi connectivity index (χ0n) is 14.2. The molecule has 24 heavy (non-hydrogen) atoms. The summed E-state index contributed by atoms with van der Waals surface area (Å²) in [5.41, 5.74) is 2.14. The van der Waals surface area contributed by atoms with Gasteiger partial charge in [-0.15, -0.1) is 11.8 Å². The summed E-state index contributed by atoms with van der Waals surface area (Å²) in [5.74, 6) is 0.696. The topological polar surface area (TPSA) is 72.5 Å². The van der Waals surface area contributed by atoms with Gasteiger partial charge in [0.25, 0.3) is 0 Å². The molecule has 1 aromatic rings. The number of amides is 1. The van der Waals surface area contributed by atoms with Crippen molar-refractivity contribution in [3.8, 4) is 0 Å². The number of sulfone groups is 1. The molecule has 0 spiro atoms. The number of thioether (sulfide) groups is 1. The maximum absolute atomic E-state index is 11.9. The van der Waals surface area contributed by atoms with E-state index in [-0.39, 0.29) is 28.8 Å². The Bertz CT molecular complexity index is 641. The number of carbonyl (C=O) groups is 1. The smallest absolute Gasteiger partial charge is 0.230 e. The van der Waals surface area contributed by atoms with Crippen LogP contribution in [0.2, 0.25) is 0 Å². The number of hydrogen-bond acceptors (Lipinski definition) is 5. The molecule has 134 valence electrons. The van der Waals surface area contributed by atoms with Crippen LogP contribution in [-0.2, 0) is 32.5 Å². The molecule has 7 heteroatoms. The van der Waals surface area contributed by atoms with Crippen molar-refractivity contribution in [3.63, 3.8) is 0 Å². The lowest BCUT2D eigenvalue weighted by atomic mass is 10.1. The molecule has 1 saturated heterocycles. The molecule has 1 aromatic carbocycles. The normalized spacial score (nSPS) is 19.5. The Kier molecular flexibility index (Phi) is 7.13. The molecule has 0 saturated carbocycles. The summed E-state index contributed by atoms with van der Waals surface area (Å²) in [5, 5.41) is 2.93. The Labute approximate surface area is 148 Å². The Morgan fingerprint density at radius 3 is 2.54 bits per heavy atom. The molecule has 0 aliphatic carbocycles. The van der Waals surface area contributed by atoms with Gasteiger partial charge in [0.2, 0.25) is 5.91 Å². The Hall–Kier alpha value is -1.05. The second-order valence-electron chi connectivity index (χ2n) is 6.29. The molecular formula is C17H25NO4S2. The third-order valence-corrected chi connectivity index (χ3v) is 7.02. The minimum Gasteiger partial charge on any atom is -0.374 e. The number of ether oxygens (including phenoxy) is 1. The van der Waals surface area contributed by atoms with Crippen molar-refractivity contribution < 1.29 is 17.9 Å². The van der Waals surface area contributed by atoms with Crippen LogP contribution < -0.4 is 5.32 Å². The van der Waals surface area contributed by atoms with Crippen LogP contribution in [0, 0.1) is 0 Å². The highest BCUT2D eigenvalue weighted by Gasteiger charge is 2.28. The fourth-order valence-corrected chi connectivity index (χ4v) is 5.83. The fraction of sp³-hybridized carbons (Fsp3) is 0.588.